The lowest BCUT2D eigenvalue weighted by molar-refractivity contribution is 0.0863. The number of hydrogen-bond donors (Lipinski definition) is 2. The summed E-state index contributed by atoms with van der Waals surface area (Å²) in [5.74, 6) is 0.971. The van der Waals surface area contributed by atoms with Crippen LogP contribution in [-0.2, 0) is 12.8 Å². The van der Waals surface area contributed by atoms with Gasteiger partial charge in [0, 0.05) is 12.5 Å². The van der Waals surface area contributed by atoms with Crippen LogP contribution in [-0.4, -0.2) is 30.3 Å². The molecular weight excluding hydrogens is 358 g/mol. The molecule has 0 radical (unpaired) electrons. The van der Waals surface area contributed by atoms with Crippen molar-refractivity contribution in [2.45, 2.75) is 57.6 Å². The Morgan fingerprint density at radius 3 is 2.46 bits per heavy atom. The molecule has 1 aliphatic rings. The molecule has 1 aliphatic carbocycles. The number of methoxy groups -OCH3 is 1. The standard InChI is InChI=1S/C22H27NO5/c1-14-13-19(12-5-15-3-10-18(27-2)11-4-15)28-22(26)20(14)21(25)23-16-6-8-17(24)9-7-16/h3-4,10-11,13,16-17,24H,5-9,12H2,1-2H3,(H,23,25). The fourth-order valence-corrected chi connectivity index (χ4v) is 3.61. The summed E-state index contributed by atoms with van der Waals surface area (Å²) in [6.07, 6.45) is 3.79. The van der Waals surface area contributed by atoms with Crippen molar-refractivity contribution in [3.8, 4) is 5.75 Å². The third kappa shape index (κ3) is 5.01. The van der Waals surface area contributed by atoms with Crippen molar-refractivity contribution in [3.63, 3.8) is 0 Å². The largest absolute Gasteiger partial charge is 0.497 e. The summed E-state index contributed by atoms with van der Waals surface area (Å²) in [5, 5.41) is 12.5. The lowest BCUT2D eigenvalue weighted by atomic mass is 9.93. The minimum absolute atomic E-state index is 0.00977. The van der Waals surface area contributed by atoms with Crippen LogP contribution in [0.5, 0.6) is 5.75 Å². The number of benzene rings is 1. The van der Waals surface area contributed by atoms with Gasteiger partial charge in [-0.15, -0.1) is 0 Å². The SMILES string of the molecule is COc1ccc(CCc2cc(C)c(C(=O)NC3CCC(O)CC3)c(=O)o2)cc1. The molecule has 3 rings (SSSR count). The molecule has 28 heavy (non-hydrogen) atoms. The van der Waals surface area contributed by atoms with Crippen molar-refractivity contribution in [2.24, 2.45) is 0 Å². The van der Waals surface area contributed by atoms with E-state index in [1.807, 2.05) is 24.3 Å². The molecule has 1 saturated carbocycles. The van der Waals surface area contributed by atoms with E-state index in [1.165, 1.54) is 0 Å². The molecule has 150 valence electrons. The van der Waals surface area contributed by atoms with Gasteiger partial charge in [-0.2, -0.15) is 0 Å². The van der Waals surface area contributed by atoms with Crippen LogP contribution >= 0.6 is 0 Å². The van der Waals surface area contributed by atoms with Crippen molar-refractivity contribution >= 4 is 5.91 Å². The van der Waals surface area contributed by atoms with E-state index in [-0.39, 0.29) is 17.7 Å². The number of amides is 1. The fourth-order valence-electron chi connectivity index (χ4n) is 3.61. The second-order valence-corrected chi connectivity index (χ2v) is 7.39. The average Bonchev–Trinajstić information content (AvgIpc) is 2.68. The van der Waals surface area contributed by atoms with Gasteiger partial charge >= 0.3 is 5.63 Å². The predicted molar refractivity (Wildman–Crippen MR) is 106 cm³/mol. The Balaban J connectivity index is 1.64. The Hall–Kier alpha value is -2.60. The monoisotopic (exact) mass is 385 g/mol. The predicted octanol–water partition coefficient (Wildman–Crippen LogP) is 2.78. The molecule has 1 amide bonds. The van der Waals surface area contributed by atoms with Crippen LogP contribution in [0, 0.1) is 6.92 Å². The third-order valence-corrected chi connectivity index (χ3v) is 5.28. The van der Waals surface area contributed by atoms with E-state index in [0.717, 1.165) is 30.6 Å². The number of nitrogens with one attached hydrogen (secondary N) is 1. The molecule has 1 aromatic heterocycles. The maximum atomic E-state index is 12.5. The smallest absolute Gasteiger partial charge is 0.349 e. The first kappa shape index (κ1) is 20.1. The quantitative estimate of drug-likeness (QED) is 0.798. The Kier molecular flexibility index (Phi) is 6.52. The highest BCUT2D eigenvalue weighted by Gasteiger charge is 2.24. The Bertz CT molecular complexity index is 863. The number of rotatable bonds is 6. The van der Waals surface area contributed by atoms with Gasteiger partial charge in [0.25, 0.3) is 5.91 Å². The topological polar surface area (TPSA) is 88.8 Å². The van der Waals surface area contributed by atoms with Gasteiger partial charge in [-0.3, -0.25) is 4.79 Å². The molecule has 6 nitrogen and oxygen atoms in total. The summed E-state index contributed by atoms with van der Waals surface area (Å²) in [4.78, 5) is 24.9. The fraction of sp³-hybridized carbons (Fsp3) is 0.455. The molecule has 2 N–H and O–H groups in total. The van der Waals surface area contributed by atoms with Crippen molar-refractivity contribution in [2.75, 3.05) is 7.11 Å². The van der Waals surface area contributed by atoms with Crippen LogP contribution in [0.1, 0.15) is 52.9 Å². The molecule has 1 fully saturated rings. The molecule has 0 atom stereocenters. The second kappa shape index (κ2) is 9.06. The van der Waals surface area contributed by atoms with Gasteiger partial charge < -0.3 is 19.6 Å². The van der Waals surface area contributed by atoms with Crippen LogP contribution < -0.4 is 15.7 Å². The number of aliphatic hydroxyl groups is 1. The van der Waals surface area contributed by atoms with Gasteiger partial charge in [0.1, 0.15) is 17.1 Å². The van der Waals surface area contributed by atoms with Crippen LogP contribution in [0.3, 0.4) is 0 Å². The number of hydrogen-bond acceptors (Lipinski definition) is 5. The number of ether oxygens (including phenoxy) is 1. The molecule has 1 aromatic carbocycles. The van der Waals surface area contributed by atoms with E-state index >= 15 is 0 Å². The van der Waals surface area contributed by atoms with Gasteiger partial charge in [0.2, 0.25) is 0 Å². The maximum absolute atomic E-state index is 12.5. The third-order valence-electron chi connectivity index (χ3n) is 5.28. The normalized spacial score (nSPS) is 19.2. The molecule has 1 heterocycles. The molecule has 2 aromatic rings. The van der Waals surface area contributed by atoms with Crippen LogP contribution in [0.2, 0.25) is 0 Å². The zero-order chi connectivity index (χ0) is 20.1. The van der Waals surface area contributed by atoms with Gasteiger partial charge in [-0.25, -0.2) is 4.79 Å². The average molecular weight is 385 g/mol. The Morgan fingerprint density at radius 1 is 1.18 bits per heavy atom. The number of carbonyl (C=O) groups is 1. The van der Waals surface area contributed by atoms with E-state index in [0.29, 0.717) is 30.6 Å². The van der Waals surface area contributed by atoms with Crippen molar-refractivity contribution in [1.29, 1.82) is 0 Å². The molecule has 0 aliphatic heterocycles. The van der Waals surface area contributed by atoms with E-state index in [4.69, 9.17) is 9.15 Å². The van der Waals surface area contributed by atoms with Gasteiger partial charge in [0.05, 0.1) is 13.2 Å². The highest BCUT2D eigenvalue weighted by molar-refractivity contribution is 5.95. The number of carbonyl (C=O) groups excluding carboxylic acids is 1. The van der Waals surface area contributed by atoms with Gasteiger partial charge in [-0.1, -0.05) is 12.1 Å². The first-order valence-corrected chi connectivity index (χ1v) is 9.71. The van der Waals surface area contributed by atoms with Crippen molar-refractivity contribution < 1.29 is 19.1 Å². The second-order valence-electron chi connectivity index (χ2n) is 7.39. The summed E-state index contributed by atoms with van der Waals surface area (Å²) in [7, 11) is 1.63. The zero-order valence-corrected chi connectivity index (χ0v) is 16.4. The number of aliphatic hydroxyl groups excluding tert-OH is 1. The first-order valence-electron chi connectivity index (χ1n) is 9.71. The van der Waals surface area contributed by atoms with Gasteiger partial charge in [0.15, 0.2) is 0 Å². The minimum atomic E-state index is -0.599. The van der Waals surface area contributed by atoms with E-state index in [1.54, 1.807) is 20.1 Å². The summed E-state index contributed by atoms with van der Waals surface area (Å²) >= 11 is 0. The molecule has 0 spiro atoms. The summed E-state index contributed by atoms with van der Waals surface area (Å²) in [6, 6.07) is 9.51. The highest BCUT2D eigenvalue weighted by atomic mass is 16.5. The zero-order valence-electron chi connectivity index (χ0n) is 16.4. The molecule has 0 bridgehead atoms. The molecular formula is C22H27NO5. The van der Waals surface area contributed by atoms with E-state index in [2.05, 4.69) is 5.32 Å². The van der Waals surface area contributed by atoms with Crippen LogP contribution in [0.15, 0.2) is 39.5 Å². The lowest BCUT2D eigenvalue weighted by Crippen LogP contribution is -2.40. The maximum Gasteiger partial charge on any atom is 0.349 e. The number of aryl methyl sites for hydroxylation is 3. The van der Waals surface area contributed by atoms with Crippen molar-refractivity contribution in [3.05, 3.63) is 63.2 Å². The Morgan fingerprint density at radius 2 is 1.86 bits per heavy atom. The van der Waals surface area contributed by atoms with E-state index < -0.39 is 11.5 Å². The summed E-state index contributed by atoms with van der Waals surface area (Å²) in [6.45, 7) is 1.76. The van der Waals surface area contributed by atoms with Crippen molar-refractivity contribution in [1.82, 2.24) is 5.32 Å². The highest BCUT2D eigenvalue weighted by Crippen LogP contribution is 2.19. The lowest BCUT2D eigenvalue weighted by Gasteiger charge is -2.26. The molecule has 0 saturated heterocycles. The molecule has 6 heteroatoms. The molecule has 0 unspecified atom stereocenters. The van der Waals surface area contributed by atoms with Gasteiger partial charge in [-0.05, 0) is 68.4 Å². The van der Waals surface area contributed by atoms with Crippen LogP contribution in [0.4, 0.5) is 0 Å². The van der Waals surface area contributed by atoms with E-state index in [9.17, 15) is 14.7 Å². The summed E-state index contributed by atoms with van der Waals surface area (Å²) < 4.78 is 10.6. The first-order chi connectivity index (χ1) is 13.5. The Labute approximate surface area is 164 Å². The minimum Gasteiger partial charge on any atom is -0.497 e. The summed E-state index contributed by atoms with van der Waals surface area (Å²) in [5.41, 5.74) is 1.20. The van der Waals surface area contributed by atoms with Crippen LogP contribution in [0.25, 0.3) is 0 Å².